The fraction of sp³-hybridized carbons (Fsp3) is 0.647. The smallest absolute Gasteiger partial charge is 0.0637 e. The van der Waals surface area contributed by atoms with Crippen LogP contribution < -0.4 is 10.2 Å². The van der Waals surface area contributed by atoms with Crippen molar-refractivity contribution in [3.8, 4) is 0 Å². The summed E-state index contributed by atoms with van der Waals surface area (Å²) in [6.45, 7) is 8.44. The second-order valence-corrected chi connectivity index (χ2v) is 5.25. The van der Waals surface area contributed by atoms with Crippen LogP contribution in [-0.2, 0) is 4.74 Å². The van der Waals surface area contributed by atoms with Gasteiger partial charge in [-0.3, -0.25) is 0 Å². The first-order chi connectivity index (χ1) is 9.69. The van der Waals surface area contributed by atoms with Crippen molar-refractivity contribution in [2.24, 2.45) is 0 Å². The summed E-state index contributed by atoms with van der Waals surface area (Å²) in [7, 11) is 3.80. The summed E-state index contributed by atoms with van der Waals surface area (Å²) in [4.78, 5) is 2.47. The van der Waals surface area contributed by atoms with E-state index in [2.05, 4.69) is 55.3 Å². The van der Waals surface area contributed by atoms with Crippen LogP contribution in [0.15, 0.2) is 24.3 Å². The van der Waals surface area contributed by atoms with Gasteiger partial charge < -0.3 is 15.0 Å². The maximum absolute atomic E-state index is 5.28. The average Bonchev–Trinajstić information content (AvgIpc) is 2.49. The molecule has 1 rings (SSSR count). The molecule has 20 heavy (non-hydrogen) atoms. The van der Waals surface area contributed by atoms with Crippen molar-refractivity contribution >= 4 is 5.69 Å². The SMILES string of the molecule is CCC(NC)c1ccccc1N(CCOC)C(C)CC. The van der Waals surface area contributed by atoms with Gasteiger partial charge in [0, 0.05) is 31.4 Å². The molecule has 0 fully saturated rings. The quantitative estimate of drug-likeness (QED) is 0.747. The van der Waals surface area contributed by atoms with Crippen molar-refractivity contribution in [3.05, 3.63) is 29.8 Å². The Kier molecular flexibility index (Phi) is 7.63. The van der Waals surface area contributed by atoms with Crippen LogP contribution in [0, 0.1) is 0 Å². The van der Waals surface area contributed by atoms with Crippen LogP contribution in [0.4, 0.5) is 5.69 Å². The highest BCUT2D eigenvalue weighted by Crippen LogP contribution is 2.29. The van der Waals surface area contributed by atoms with E-state index in [0.717, 1.165) is 26.0 Å². The highest BCUT2D eigenvalue weighted by Gasteiger charge is 2.19. The number of methoxy groups -OCH3 is 1. The van der Waals surface area contributed by atoms with Gasteiger partial charge in [-0.15, -0.1) is 0 Å². The average molecular weight is 278 g/mol. The van der Waals surface area contributed by atoms with Crippen molar-refractivity contribution in [1.29, 1.82) is 0 Å². The molecule has 2 atom stereocenters. The lowest BCUT2D eigenvalue weighted by Gasteiger charge is -2.34. The Balaban J connectivity index is 3.11. The molecule has 0 heterocycles. The van der Waals surface area contributed by atoms with Gasteiger partial charge in [0.15, 0.2) is 0 Å². The molecule has 0 radical (unpaired) electrons. The summed E-state index contributed by atoms with van der Waals surface area (Å²) < 4.78 is 5.28. The zero-order valence-corrected chi connectivity index (χ0v) is 13.6. The molecule has 1 aromatic rings. The van der Waals surface area contributed by atoms with E-state index in [-0.39, 0.29) is 0 Å². The van der Waals surface area contributed by atoms with Crippen LogP contribution in [0.1, 0.15) is 45.2 Å². The number of para-hydroxylation sites is 1. The van der Waals surface area contributed by atoms with Gasteiger partial charge in [0.2, 0.25) is 0 Å². The number of hydrogen-bond acceptors (Lipinski definition) is 3. The van der Waals surface area contributed by atoms with E-state index in [4.69, 9.17) is 4.74 Å². The monoisotopic (exact) mass is 278 g/mol. The molecule has 0 aromatic heterocycles. The molecule has 0 aliphatic carbocycles. The predicted molar refractivity (Wildman–Crippen MR) is 87.5 cm³/mol. The fourth-order valence-electron chi connectivity index (χ4n) is 2.61. The van der Waals surface area contributed by atoms with Gasteiger partial charge in [0.25, 0.3) is 0 Å². The number of benzene rings is 1. The molecule has 0 saturated heterocycles. The summed E-state index contributed by atoms with van der Waals surface area (Å²) in [5.41, 5.74) is 2.72. The van der Waals surface area contributed by atoms with E-state index in [0.29, 0.717) is 12.1 Å². The second kappa shape index (κ2) is 8.98. The molecule has 1 N–H and O–H groups in total. The largest absolute Gasteiger partial charge is 0.383 e. The standard InChI is InChI=1S/C17H30N2O/c1-6-14(3)19(12-13-20-5)17-11-9-8-10-15(17)16(7-2)18-4/h8-11,14,16,18H,6-7,12-13H2,1-5H3. The Morgan fingerprint density at radius 2 is 1.90 bits per heavy atom. The summed E-state index contributed by atoms with van der Waals surface area (Å²) in [5.74, 6) is 0. The van der Waals surface area contributed by atoms with Crippen molar-refractivity contribution < 1.29 is 4.74 Å². The minimum absolute atomic E-state index is 0.403. The van der Waals surface area contributed by atoms with Gasteiger partial charge >= 0.3 is 0 Å². The number of anilines is 1. The molecule has 0 spiro atoms. The van der Waals surface area contributed by atoms with Crippen LogP contribution in [0.5, 0.6) is 0 Å². The third-order valence-corrected chi connectivity index (χ3v) is 4.04. The summed E-state index contributed by atoms with van der Waals surface area (Å²) in [6.07, 6.45) is 2.22. The Morgan fingerprint density at radius 3 is 2.45 bits per heavy atom. The molecule has 114 valence electrons. The van der Waals surface area contributed by atoms with Crippen molar-refractivity contribution in [3.63, 3.8) is 0 Å². The Labute approximate surface area is 124 Å². The Bertz CT molecular complexity index is 377. The van der Waals surface area contributed by atoms with Gasteiger partial charge in [0.1, 0.15) is 0 Å². The van der Waals surface area contributed by atoms with E-state index < -0.39 is 0 Å². The minimum Gasteiger partial charge on any atom is -0.383 e. The zero-order valence-electron chi connectivity index (χ0n) is 13.6. The molecule has 0 bridgehead atoms. The number of nitrogens with one attached hydrogen (secondary N) is 1. The molecule has 0 amide bonds. The third-order valence-electron chi connectivity index (χ3n) is 4.04. The van der Waals surface area contributed by atoms with E-state index in [1.54, 1.807) is 7.11 Å². The van der Waals surface area contributed by atoms with Crippen LogP contribution in [0.3, 0.4) is 0 Å². The third kappa shape index (κ3) is 4.22. The molecule has 0 saturated carbocycles. The number of hydrogen-bond donors (Lipinski definition) is 1. The molecular formula is C17H30N2O. The van der Waals surface area contributed by atoms with Gasteiger partial charge in [-0.05, 0) is 38.4 Å². The molecular weight excluding hydrogens is 248 g/mol. The van der Waals surface area contributed by atoms with Crippen LogP contribution in [0.25, 0.3) is 0 Å². The predicted octanol–water partition coefficient (Wildman–Crippen LogP) is 3.61. The summed E-state index contributed by atoms with van der Waals surface area (Å²) >= 11 is 0. The molecule has 3 nitrogen and oxygen atoms in total. The summed E-state index contributed by atoms with van der Waals surface area (Å²) in [6, 6.07) is 9.65. The molecule has 0 aliphatic rings. The van der Waals surface area contributed by atoms with Gasteiger partial charge in [-0.1, -0.05) is 32.0 Å². The lowest BCUT2D eigenvalue weighted by molar-refractivity contribution is 0.203. The number of ether oxygens (including phenoxy) is 1. The van der Waals surface area contributed by atoms with E-state index in [1.807, 2.05) is 7.05 Å². The summed E-state index contributed by atoms with van der Waals surface area (Å²) in [5, 5.41) is 3.42. The van der Waals surface area contributed by atoms with Crippen molar-refractivity contribution in [2.45, 2.75) is 45.7 Å². The first-order valence-electron chi connectivity index (χ1n) is 7.71. The minimum atomic E-state index is 0.403. The van der Waals surface area contributed by atoms with E-state index in [1.165, 1.54) is 11.3 Å². The Hall–Kier alpha value is -1.06. The zero-order chi connectivity index (χ0) is 15.0. The van der Waals surface area contributed by atoms with Crippen LogP contribution >= 0.6 is 0 Å². The van der Waals surface area contributed by atoms with Gasteiger partial charge in [-0.25, -0.2) is 0 Å². The van der Waals surface area contributed by atoms with Crippen molar-refractivity contribution in [1.82, 2.24) is 5.32 Å². The Morgan fingerprint density at radius 1 is 1.20 bits per heavy atom. The highest BCUT2D eigenvalue weighted by atomic mass is 16.5. The van der Waals surface area contributed by atoms with Crippen LogP contribution in [0.2, 0.25) is 0 Å². The second-order valence-electron chi connectivity index (χ2n) is 5.25. The topological polar surface area (TPSA) is 24.5 Å². The first kappa shape index (κ1) is 17.0. The maximum Gasteiger partial charge on any atom is 0.0637 e. The maximum atomic E-state index is 5.28. The molecule has 2 unspecified atom stereocenters. The molecule has 3 heteroatoms. The van der Waals surface area contributed by atoms with Gasteiger partial charge in [0.05, 0.1) is 6.61 Å². The van der Waals surface area contributed by atoms with Gasteiger partial charge in [-0.2, -0.15) is 0 Å². The first-order valence-corrected chi connectivity index (χ1v) is 7.71. The lowest BCUT2D eigenvalue weighted by atomic mass is 10.0. The van der Waals surface area contributed by atoms with E-state index >= 15 is 0 Å². The van der Waals surface area contributed by atoms with Crippen molar-refractivity contribution in [2.75, 3.05) is 32.2 Å². The normalized spacial score (nSPS) is 14.1. The molecule has 0 aliphatic heterocycles. The molecule has 1 aromatic carbocycles. The lowest BCUT2D eigenvalue weighted by Crippen LogP contribution is -2.36. The highest BCUT2D eigenvalue weighted by molar-refractivity contribution is 5.55. The van der Waals surface area contributed by atoms with Crippen LogP contribution in [-0.4, -0.2) is 33.4 Å². The van der Waals surface area contributed by atoms with E-state index in [9.17, 15) is 0 Å². The fourth-order valence-corrected chi connectivity index (χ4v) is 2.61. The number of nitrogens with zero attached hydrogens (tertiary/aromatic N) is 1. The number of rotatable bonds is 9.